The van der Waals surface area contributed by atoms with E-state index in [4.69, 9.17) is 4.42 Å². The Hall–Kier alpha value is -4.33. The van der Waals surface area contributed by atoms with Crippen LogP contribution < -0.4 is 5.32 Å². The normalized spacial score (nSPS) is 11.6. The van der Waals surface area contributed by atoms with Gasteiger partial charge in [-0.2, -0.15) is 13.2 Å². The first-order chi connectivity index (χ1) is 16.3. The molecular weight excluding hydrogens is 443 g/mol. The number of aromatic amines is 1. The highest BCUT2D eigenvalue weighted by molar-refractivity contribution is 6.03. The number of nitrogens with zero attached hydrogens (tertiary/aromatic N) is 1. The number of aromatic nitrogens is 2. The van der Waals surface area contributed by atoms with Gasteiger partial charge in [-0.1, -0.05) is 30.3 Å². The fourth-order valence-corrected chi connectivity index (χ4v) is 3.74. The predicted molar refractivity (Wildman–Crippen MR) is 123 cm³/mol. The third-order valence-corrected chi connectivity index (χ3v) is 5.47. The fraction of sp³-hybridized carbons (Fsp3) is 0.0769. The molecule has 170 valence electrons. The van der Waals surface area contributed by atoms with Crippen LogP contribution in [-0.4, -0.2) is 15.9 Å². The van der Waals surface area contributed by atoms with Gasteiger partial charge >= 0.3 is 6.18 Å². The number of fused-ring (bicyclic) bond motifs is 1. The van der Waals surface area contributed by atoms with E-state index in [1.165, 1.54) is 12.3 Å². The number of carbonyl (C=O) groups is 1. The van der Waals surface area contributed by atoms with E-state index in [-0.39, 0.29) is 11.7 Å². The van der Waals surface area contributed by atoms with Crippen molar-refractivity contribution in [3.8, 4) is 22.5 Å². The van der Waals surface area contributed by atoms with Crippen LogP contribution in [0.5, 0.6) is 0 Å². The van der Waals surface area contributed by atoms with Gasteiger partial charge in [0.25, 0.3) is 5.91 Å². The van der Waals surface area contributed by atoms with Gasteiger partial charge < -0.3 is 14.7 Å². The molecule has 0 spiro atoms. The van der Waals surface area contributed by atoms with Gasteiger partial charge in [0.05, 0.1) is 22.9 Å². The van der Waals surface area contributed by atoms with Gasteiger partial charge in [-0.3, -0.25) is 4.79 Å². The summed E-state index contributed by atoms with van der Waals surface area (Å²) in [4.78, 5) is 19.9. The maximum atomic E-state index is 13.0. The van der Waals surface area contributed by atoms with Crippen molar-refractivity contribution in [3.63, 3.8) is 0 Å². The molecule has 1 amide bonds. The lowest BCUT2D eigenvalue weighted by molar-refractivity contribution is -0.137. The van der Waals surface area contributed by atoms with Crippen molar-refractivity contribution >= 4 is 22.6 Å². The molecule has 0 saturated heterocycles. The smallest absolute Gasteiger partial charge is 0.416 e. The van der Waals surface area contributed by atoms with Crippen molar-refractivity contribution in [1.82, 2.24) is 9.97 Å². The first-order valence-electron chi connectivity index (χ1n) is 10.4. The summed E-state index contributed by atoms with van der Waals surface area (Å²) in [7, 11) is 0. The number of amides is 1. The molecule has 34 heavy (non-hydrogen) atoms. The van der Waals surface area contributed by atoms with Crippen LogP contribution in [0.15, 0.2) is 83.5 Å². The highest BCUT2D eigenvalue weighted by Gasteiger charge is 2.30. The fourth-order valence-electron chi connectivity index (χ4n) is 3.74. The van der Waals surface area contributed by atoms with Gasteiger partial charge in [-0.15, -0.1) is 0 Å². The number of hydrogen-bond donors (Lipinski definition) is 2. The zero-order chi connectivity index (χ0) is 23.9. The maximum Gasteiger partial charge on any atom is 0.416 e. The minimum Gasteiger partial charge on any atom is -0.459 e. The average molecular weight is 461 g/mol. The molecule has 3 aromatic carbocycles. The van der Waals surface area contributed by atoms with Crippen LogP contribution in [0.4, 0.5) is 18.9 Å². The minimum absolute atomic E-state index is 0.256. The molecule has 0 fully saturated rings. The Morgan fingerprint density at radius 1 is 0.941 bits per heavy atom. The molecule has 0 aliphatic heterocycles. The van der Waals surface area contributed by atoms with Gasteiger partial charge in [-0.25, -0.2) is 4.98 Å². The van der Waals surface area contributed by atoms with Crippen molar-refractivity contribution in [3.05, 3.63) is 95.9 Å². The molecule has 5 rings (SSSR count). The number of nitrogens with one attached hydrogen (secondary N) is 2. The van der Waals surface area contributed by atoms with Gasteiger partial charge in [0.15, 0.2) is 5.76 Å². The highest BCUT2D eigenvalue weighted by Crippen LogP contribution is 2.32. The van der Waals surface area contributed by atoms with Crippen molar-refractivity contribution in [2.45, 2.75) is 13.1 Å². The lowest BCUT2D eigenvalue weighted by atomic mass is 10.0. The molecule has 2 N–H and O–H groups in total. The quantitative estimate of drug-likeness (QED) is 0.301. The van der Waals surface area contributed by atoms with Crippen molar-refractivity contribution in [1.29, 1.82) is 0 Å². The Morgan fingerprint density at radius 3 is 2.41 bits per heavy atom. The molecule has 0 radical (unpaired) electrons. The maximum absolute atomic E-state index is 13.0. The van der Waals surface area contributed by atoms with Crippen LogP contribution in [-0.2, 0) is 6.18 Å². The van der Waals surface area contributed by atoms with E-state index >= 15 is 0 Å². The summed E-state index contributed by atoms with van der Waals surface area (Å²) in [6.45, 7) is 1.79. The molecule has 2 heterocycles. The number of anilines is 1. The predicted octanol–water partition coefficient (Wildman–Crippen LogP) is 7.07. The molecule has 0 aliphatic rings. The number of furan rings is 1. The van der Waals surface area contributed by atoms with E-state index in [0.717, 1.165) is 34.4 Å². The van der Waals surface area contributed by atoms with E-state index in [9.17, 15) is 18.0 Å². The molecule has 8 heteroatoms. The van der Waals surface area contributed by atoms with Gasteiger partial charge in [0, 0.05) is 16.8 Å². The number of alkyl halides is 3. The lowest BCUT2D eigenvalue weighted by Gasteiger charge is -2.08. The van der Waals surface area contributed by atoms with Crippen LogP contribution >= 0.6 is 0 Å². The molecule has 0 atom stereocenters. The monoisotopic (exact) mass is 461 g/mol. The van der Waals surface area contributed by atoms with Crippen molar-refractivity contribution in [2.24, 2.45) is 0 Å². The third-order valence-electron chi connectivity index (χ3n) is 5.47. The Balaban J connectivity index is 1.44. The second-order valence-corrected chi connectivity index (χ2v) is 7.86. The van der Waals surface area contributed by atoms with Gasteiger partial charge in [-0.05, 0) is 60.5 Å². The summed E-state index contributed by atoms with van der Waals surface area (Å²) < 4.78 is 44.3. The summed E-state index contributed by atoms with van der Waals surface area (Å²) >= 11 is 0. The second-order valence-electron chi connectivity index (χ2n) is 7.86. The Kier molecular flexibility index (Phi) is 5.20. The molecular formula is C26H18F3N3O2. The van der Waals surface area contributed by atoms with E-state index in [1.54, 1.807) is 19.1 Å². The molecule has 0 aliphatic carbocycles. The standard InChI is InChI=1S/C26H18F3N3O2/c1-15-10-11-34-23(15)25(33)30-20-7-3-5-17(13-20)16-4-2-6-18(12-16)24-31-21-9-8-19(26(27,28)29)14-22(21)32-24/h2-14H,1H3,(H,30,33)(H,31,32). The van der Waals surface area contributed by atoms with E-state index < -0.39 is 11.7 Å². The summed E-state index contributed by atoms with van der Waals surface area (Å²) in [6.07, 6.45) is -2.95. The largest absolute Gasteiger partial charge is 0.459 e. The van der Waals surface area contributed by atoms with E-state index in [0.29, 0.717) is 22.5 Å². The number of imidazole rings is 1. The Labute approximate surface area is 192 Å². The van der Waals surface area contributed by atoms with Gasteiger partial charge in [0.2, 0.25) is 0 Å². The number of H-pyrrole nitrogens is 1. The first-order valence-corrected chi connectivity index (χ1v) is 10.4. The Morgan fingerprint density at radius 2 is 1.68 bits per heavy atom. The number of hydrogen-bond acceptors (Lipinski definition) is 3. The molecule has 0 bridgehead atoms. The molecule has 5 aromatic rings. The topological polar surface area (TPSA) is 70.9 Å². The molecule has 0 saturated carbocycles. The second kappa shape index (κ2) is 8.22. The number of rotatable bonds is 4. The average Bonchev–Trinajstić information content (AvgIpc) is 3.44. The van der Waals surface area contributed by atoms with Crippen LogP contribution in [0, 0.1) is 6.92 Å². The number of halogens is 3. The van der Waals surface area contributed by atoms with Crippen molar-refractivity contribution in [2.75, 3.05) is 5.32 Å². The zero-order valence-corrected chi connectivity index (χ0v) is 17.9. The SMILES string of the molecule is Cc1ccoc1C(=O)Nc1cccc(-c2cccc(-c3nc4ccc(C(F)(F)F)cc4[nH]3)c2)c1. The summed E-state index contributed by atoms with van der Waals surface area (Å²) in [6, 6.07) is 20.0. The molecule has 0 unspecified atom stereocenters. The summed E-state index contributed by atoms with van der Waals surface area (Å²) in [5.41, 5.74) is 3.82. The van der Waals surface area contributed by atoms with Crippen LogP contribution in [0.2, 0.25) is 0 Å². The molecule has 2 aromatic heterocycles. The Bertz CT molecular complexity index is 1520. The zero-order valence-electron chi connectivity index (χ0n) is 17.9. The van der Waals surface area contributed by atoms with E-state index in [1.807, 2.05) is 42.5 Å². The van der Waals surface area contributed by atoms with Crippen LogP contribution in [0.1, 0.15) is 21.7 Å². The summed E-state index contributed by atoms with van der Waals surface area (Å²) in [5, 5.41) is 2.83. The van der Waals surface area contributed by atoms with Gasteiger partial charge in [0.1, 0.15) is 5.82 Å². The number of carbonyl (C=O) groups excluding carboxylic acids is 1. The summed E-state index contributed by atoms with van der Waals surface area (Å²) in [5.74, 6) is 0.383. The minimum atomic E-state index is -4.42. The van der Waals surface area contributed by atoms with E-state index in [2.05, 4.69) is 15.3 Å². The van der Waals surface area contributed by atoms with Crippen LogP contribution in [0.3, 0.4) is 0 Å². The third kappa shape index (κ3) is 4.17. The lowest BCUT2D eigenvalue weighted by Crippen LogP contribution is -2.12. The first kappa shape index (κ1) is 21.5. The number of aryl methyl sites for hydroxylation is 1. The molecule has 5 nitrogen and oxygen atoms in total. The highest BCUT2D eigenvalue weighted by atomic mass is 19.4. The van der Waals surface area contributed by atoms with Crippen LogP contribution in [0.25, 0.3) is 33.5 Å². The number of benzene rings is 3. The van der Waals surface area contributed by atoms with Crippen molar-refractivity contribution < 1.29 is 22.4 Å².